The summed E-state index contributed by atoms with van der Waals surface area (Å²) in [5.74, 6) is -0.159. The second kappa shape index (κ2) is 7.09. The molecule has 0 unspecified atom stereocenters. The molecule has 0 fully saturated rings. The zero-order valence-electron chi connectivity index (χ0n) is 12.1. The van der Waals surface area contributed by atoms with Gasteiger partial charge in [-0.1, -0.05) is 0 Å². The van der Waals surface area contributed by atoms with Gasteiger partial charge in [-0.15, -0.1) is 0 Å². The highest BCUT2D eigenvalue weighted by molar-refractivity contribution is 5.93. The molecule has 5 heteroatoms. The fourth-order valence-corrected chi connectivity index (χ4v) is 1.57. The van der Waals surface area contributed by atoms with Crippen molar-refractivity contribution in [2.75, 3.05) is 25.6 Å². The molecule has 1 amide bonds. The van der Waals surface area contributed by atoms with Crippen molar-refractivity contribution >= 4 is 11.6 Å². The van der Waals surface area contributed by atoms with Crippen molar-refractivity contribution in [2.24, 2.45) is 0 Å². The molecule has 0 saturated heterocycles. The highest BCUT2D eigenvalue weighted by Gasteiger charge is 2.12. The number of rotatable bonds is 6. The van der Waals surface area contributed by atoms with Crippen LogP contribution in [0.2, 0.25) is 0 Å². The van der Waals surface area contributed by atoms with E-state index < -0.39 is 0 Å². The summed E-state index contributed by atoms with van der Waals surface area (Å²) < 4.78 is 4.93. The Balaban J connectivity index is 2.58. The summed E-state index contributed by atoms with van der Waals surface area (Å²) in [6, 6.07) is 3.61. The van der Waals surface area contributed by atoms with Gasteiger partial charge >= 0.3 is 0 Å². The van der Waals surface area contributed by atoms with Gasteiger partial charge in [-0.2, -0.15) is 0 Å². The molecule has 1 aromatic rings. The van der Waals surface area contributed by atoms with Crippen LogP contribution in [0.5, 0.6) is 0 Å². The van der Waals surface area contributed by atoms with Gasteiger partial charge in [0.25, 0.3) is 5.91 Å². The zero-order chi connectivity index (χ0) is 14.3. The van der Waals surface area contributed by atoms with Crippen LogP contribution in [0.25, 0.3) is 0 Å². The lowest BCUT2D eigenvalue weighted by molar-refractivity contribution is 0.0943. The molecular weight excluding hydrogens is 242 g/mol. The van der Waals surface area contributed by atoms with Crippen LogP contribution in [0, 0.1) is 0 Å². The molecule has 1 heterocycles. The molecule has 2 N–H and O–H groups in total. The number of methoxy groups -OCH3 is 1. The van der Waals surface area contributed by atoms with E-state index in [4.69, 9.17) is 4.74 Å². The predicted octanol–water partition coefficient (Wildman–Crippen LogP) is 2.06. The van der Waals surface area contributed by atoms with Crippen LogP contribution in [-0.4, -0.2) is 36.7 Å². The third-order valence-corrected chi connectivity index (χ3v) is 2.32. The average molecular weight is 265 g/mol. The first-order valence-electron chi connectivity index (χ1n) is 6.44. The molecular formula is C14H23N3O2. The fourth-order valence-electron chi connectivity index (χ4n) is 1.57. The second-order valence-corrected chi connectivity index (χ2v) is 5.41. The third-order valence-electron chi connectivity index (χ3n) is 2.32. The molecule has 0 bridgehead atoms. The lowest BCUT2D eigenvalue weighted by atomic mass is 10.1. The Labute approximate surface area is 114 Å². The van der Waals surface area contributed by atoms with E-state index in [9.17, 15) is 4.79 Å². The first-order valence-corrected chi connectivity index (χ1v) is 6.44. The van der Waals surface area contributed by atoms with Gasteiger partial charge in [0.1, 0.15) is 5.69 Å². The maximum Gasteiger partial charge on any atom is 0.269 e. The van der Waals surface area contributed by atoms with E-state index >= 15 is 0 Å². The van der Waals surface area contributed by atoms with Gasteiger partial charge in [-0.05, 0) is 39.3 Å². The molecule has 0 aliphatic rings. The largest absolute Gasteiger partial charge is 0.385 e. The molecule has 1 aromatic heterocycles. The van der Waals surface area contributed by atoms with Gasteiger partial charge < -0.3 is 15.4 Å². The number of hydrogen-bond acceptors (Lipinski definition) is 4. The molecule has 0 aliphatic carbocycles. The number of hydrogen-bond donors (Lipinski definition) is 2. The van der Waals surface area contributed by atoms with Gasteiger partial charge in [-0.3, -0.25) is 9.78 Å². The van der Waals surface area contributed by atoms with Crippen LogP contribution in [0.15, 0.2) is 18.3 Å². The van der Waals surface area contributed by atoms with E-state index in [1.165, 1.54) is 0 Å². The van der Waals surface area contributed by atoms with E-state index in [0.29, 0.717) is 18.8 Å². The molecule has 0 atom stereocenters. The minimum Gasteiger partial charge on any atom is -0.385 e. The zero-order valence-corrected chi connectivity index (χ0v) is 12.1. The lowest BCUT2D eigenvalue weighted by Crippen LogP contribution is -2.28. The Bertz CT molecular complexity index is 413. The molecule has 1 rings (SSSR count). The predicted molar refractivity (Wildman–Crippen MR) is 76.4 cm³/mol. The third kappa shape index (κ3) is 6.20. The van der Waals surface area contributed by atoms with E-state index in [1.807, 2.05) is 6.07 Å². The highest BCUT2D eigenvalue weighted by atomic mass is 16.5. The first-order chi connectivity index (χ1) is 8.92. The average Bonchev–Trinajstić information content (AvgIpc) is 2.32. The summed E-state index contributed by atoms with van der Waals surface area (Å²) in [6.07, 6.45) is 2.43. The summed E-state index contributed by atoms with van der Waals surface area (Å²) in [5, 5.41) is 6.13. The molecule has 106 valence electrons. The van der Waals surface area contributed by atoms with Crippen LogP contribution < -0.4 is 10.6 Å². The van der Waals surface area contributed by atoms with E-state index in [1.54, 1.807) is 19.4 Å². The van der Waals surface area contributed by atoms with Crippen molar-refractivity contribution in [1.29, 1.82) is 0 Å². The van der Waals surface area contributed by atoms with E-state index in [2.05, 4.69) is 36.4 Å². The standard InChI is InChI=1S/C14H23N3O2/c1-14(2,3)17-11-6-8-15-12(10-11)13(18)16-7-5-9-19-4/h6,8,10H,5,7,9H2,1-4H3,(H,15,17)(H,16,18). The van der Waals surface area contributed by atoms with Gasteiger partial charge in [0.2, 0.25) is 0 Å². The van der Waals surface area contributed by atoms with Crippen molar-refractivity contribution in [2.45, 2.75) is 32.7 Å². The van der Waals surface area contributed by atoms with Gasteiger partial charge in [-0.25, -0.2) is 0 Å². The molecule has 19 heavy (non-hydrogen) atoms. The van der Waals surface area contributed by atoms with Crippen LogP contribution in [0.3, 0.4) is 0 Å². The quantitative estimate of drug-likeness (QED) is 0.773. The Hall–Kier alpha value is -1.62. The summed E-state index contributed by atoms with van der Waals surface area (Å²) in [6.45, 7) is 7.43. The molecule has 0 aromatic carbocycles. The number of amides is 1. The number of aromatic nitrogens is 1. The van der Waals surface area contributed by atoms with E-state index in [-0.39, 0.29) is 11.4 Å². The second-order valence-electron chi connectivity index (χ2n) is 5.41. The summed E-state index contributed by atoms with van der Waals surface area (Å²) in [7, 11) is 1.64. The molecule has 0 saturated carbocycles. The minimum absolute atomic E-state index is 0.0481. The van der Waals surface area contributed by atoms with Gasteiger partial charge in [0.15, 0.2) is 0 Å². The van der Waals surface area contributed by atoms with Crippen LogP contribution in [0.4, 0.5) is 5.69 Å². The maximum atomic E-state index is 11.9. The normalized spacial score (nSPS) is 11.2. The Morgan fingerprint density at radius 1 is 1.42 bits per heavy atom. The first kappa shape index (κ1) is 15.4. The lowest BCUT2D eigenvalue weighted by Gasteiger charge is -2.22. The van der Waals surface area contributed by atoms with Crippen molar-refractivity contribution in [3.63, 3.8) is 0 Å². The van der Waals surface area contributed by atoms with Gasteiger partial charge in [0.05, 0.1) is 0 Å². The van der Waals surface area contributed by atoms with Crippen molar-refractivity contribution in [3.8, 4) is 0 Å². The molecule has 0 aliphatic heterocycles. The number of carbonyl (C=O) groups excluding carboxylic acids is 1. The summed E-state index contributed by atoms with van der Waals surface area (Å²) in [5.41, 5.74) is 1.27. The van der Waals surface area contributed by atoms with Crippen molar-refractivity contribution in [1.82, 2.24) is 10.3 Å². The highest BCUT2D eigenvalue weighted by Crippen LogP contribution is 2.14. The number of nitrogens with zero attached hydrogens (tertiary/aromatic N) is 1. The summed E-state index contributed by atoms with van der Waals surface area (Å²) in [4.78, 5) is 16.0. The van der Waals surface area contributed by atoms with Crippen LogP contribution in [-0.2, 0) is 4.74 Å². The number of anilines is 1. The summed E-state index contributed by atoms with van der Waals surface area (Å²) >= 11 is 0. The molecule has 0 spiro atoms. The maximum absolute atomic E-state index is 11.9. The number of pyridine rings is 1. The van der Waals surface area contributed by atoms with E-state index in [0.717, 1.165) is 12.1 Å². The Morgan fingerprint density at radius 3 is 2.79 bits per heavy atom. The van der Waals surface area contributed by atoms with Crippen LogP contribution >= 0.6 is 0 Å². The van der Waals surface area contributed by atoms with Crippen LogP contribution in [0.1, 0.15) is 37.7 Å². The number of nitrogens with one attached hydrogen (secondary N) is 2. The molecule has 0 radical (unpaired) electrons. The Kier molecular flexibility index (Phi) is 5.76. The SMILES string of the molecule is COCCCNC(=O)c1cc(NC(C)(C)C)ccn1. The minimum atomic E-state index is -0.159. The molecule has 5 nitrogen and oxygen atoms in total. The monoisotopic (exact) mass is 265 g/mol. The topological polar surface area (TPSA) is 63.2 Å². The number of ether oxygens (including phenoxy) is 1. The van der Waals surface area contributed by atoms with Gasteiger partial charge in [0, 0.05) is 37.7 Å². The fraction of sp³-hybridized carbons (Fsp3) is 0.571. The van der Waals surface area contributed by atoms with Crippen molar-refractivity contribution < 1.29 is 9.53 Å². The Morgan fingerprint density at radius 2 is 2.16 bits per heavy atom. The van der Waals surface area contributed by atoms with Crippen molar-refractivity contribution in [3.05, 3.63) is 24.0 Å². The smallest absolute Gasteiger partial charge is 0.269 e. The number of carbonyl (C=O) groups is 1.